The standard InChI is InChI=1S/C28H31F4NO3/c1-15(10-23(34)35)16-8-9-22-18(11-16)20(14-33-22)19-12-17(26(2,3)4)13-21(27(5,6)7)24(19)36-28(31,32)25(29)30/h8-14,25,33H,1-7H3,(H,34,35)/b15-10+. The molecule has 4 nitrogen and oxygen atoms in total. The van der Waals surface area contributed by atoms with Crippen LogP contribution in [-0.2, 0) is 15.6 Å². The second-order valence-corrected chi connectivity index (χ2v) is 11.0. The Morgan fingerprint density at radius 1 is 1.00 bits per heavy atom. The van der Waals surface area contributed by atoms with Crippen LogP contribution in [0.15, 0.2) is 42.6 Å². The van der Waals surface area contributed by atoms with Crippen molar-refractivity contribution in [1.29, 1.82) is 0 Å². The molecule has 194 valence electrons. The van der Waals surface area contributed by atoms with Gasteiger partial charge < -0.3 is 14.8 Å². The number of fused-ring (bicyclic) bond motifs is 1. The number of alkyl halides is 4. The molecule has 0 bridgehead atoms. The first kappa shape index (κ1) is 27.3. The van der Waals surface area contributed by atoms with Gasteiger partial charge in [0.15, 0.2) is 0 Å². The lowest BCUT2D eigenvalue weighted by molar-refractivity contribution is -0.253. The van der Waals surface area contributed by atoms with Gasteiger partial charge in [-0.1, -0.05) is 53.7 Å². The van der Waals surface area contributed by atoms with Gasteiger partial charge in [0.05, 0.1) is 0 Å². The summed E-state index contributed by atoms with van der Waals surface area (Å²) >= 11 is 0. The van der Waals surface area contributed by atoms with Crippen molar-refractivity contribution in [2.45, 2.75) is 71.8 Å². The van der Waals surface area contributed by atoms with Crippen LogP contribution < -0.4 is 4.74 Å². The topological polar surface area (TPSA) is 62.3 Å². The third-order valence-electron chi connectivity index (χ3n) is 6.02. The summed E-state index contributed by atoms with van der Waals surface area (Å²) in [4.78, 5) is 14.2. The molecule has 0 spiro atoms. The maximum absolute atomic E-state index is 14.3. The molecule has 8 heteroatoms. The van der Waals surface area contributed by atoms with Gasteiger partial charge in [0.1, 0.15) is 5.75 Å². The summed E-state index contributed by atoms with van der Waals surface area (Å²) in [5, 5.41) is 9.74. The molecule has 0 saturated heterocycles. The highest BCUT2D eigenvalue weighted by Crippen LogP contribution is 2.47. The molecule has 0 radical (unpaired) electrons. The minimum Gasteiger partial charge on any atom is -0.478 e. The van der Waals surface area contributed by atoms with Gasteiger partial charge in [0, 0.05) is 39.9 Å². The Kier molecular flexibility index (Phi) is 7.05. The molecule has 0 unspecified atom stereocenters. The van der Waals surface area contributed by atoms with Gasteiger partial charge in [0.25, 0.3) is 0 Å². The molecular weight excluding hydrogens is 474 g/mol. The molecule has 3 aromatic rings. The van der Waals surface area contributed by atoms with Crippen molar-refractivity contribution in [1.82, 2.24) is 4.98 Å². The van der Waals surface area contributed by atoms with Crippen molar-refractivity contribution in [2.24, 2.45) is 0 Å². The molecule has 2 aromatic carbocycles. The first-order valence-electron chi connectivity index (χ1n) is 11.5. The van der Waals surface area contributed by atoms with E-state index in [-0.39, 0.29) is 16.7 Å². The number of hydrogen-bond donors (Lipinski definition) is 2. The first-order chi connectivity index (χ1) is 16.4. The molecule has 0 amide bonds. The number of carboxylic acid groups (broad SMARTS) is 1. The maximum Gasteiger partial charge on any atom is 0.461 e. The van der Waals surface area contributed by atoms with Gasteiger partial charge in [-0.15, -0.1) is 0 Å². The lowest BCUT2D eigenvalue weighted by atomic mass is 9.78. The van der Waals surface area contributed by atoms with Gasteiger partial charge in [-0.05, 0) is 52.7 Å². The van der Waals surface area contributed by atoms with E-state index in [1.807, 2.05) is 20.8 Å². The number of carboxylic acids is 1. The fraction of sp³-hybridized carbons (Fsp3) is 0.393. The number of nitrogens with one attached hydrogen (secondary N) is 1. The third-order valence-corrected chi connectivity index (χ3v) is 6.02. The highest BCUT2D eigenvalue weighted by molar-refractivity contribution is 6.00. The van der Waals surface area contributed by atoms with Gasteiger partial charge >= 0.3 is 18.5 Å². The van der Waals surface area contributed by atoms with E-state index < -0.39 is 23.9 Å². The number of benzene rings is 2. The quantitative estimate of drug-likeness (QED) is 0.262. The van der Waals surface area contributed by atoms with Gasteiger partial charge in [-0.2, -0.15) is 17.6 Å². The zero-order valence-corrected chi connectivity index (χ0v) is 21.4. The number of rotatable bonds is 6. The van der Waals surface area contributed by atoms with E-state index in [2.05, 4.69) is 4.98 Å². The molecule has 1 aromatic heterocycles. The molecule has 2 N–H and O–H groups in total. The van der Waals surface area contributed by atoms with E-state index in [9.17, 15) is 22.4 Å². The molecule has 0 fully saturated rings. The molecule has 0 saturated carbocycles. The van der Waals surface area contributed by atoms with Crippen molar-refractivity contribution < 1.29 is 32.2 Å². The Bertz CT molecular complexity index is 1330. The van der Waals surface area contributed by atoms with Crippen LogP contribution >= 0.6 is 0 Å². The van der Waals surface area contributed by atoms with Crippen molar-refractivity contribution in [3.63, 3.8) is 0 Å². The smallest absolute Gasteiger partial charge is 0.461 e. The number of ether oxygens (including phenoxy) is 1. The summed E-state index contributed by atoms with van der Waals surface area (Å²) < 4.78 is 59.9. The fourth-order valence-corrected chi connectivity index (χ4v) is 3.97. The number of hydrogen-bond acceptors (Lipinski definition) is 2. The first-order valence-corrected chi connectivity index (χ1v) is 11.5. The predicted octanol–water partition coefficient (Wildman–Crippen LogP) is 8.15. The van der Waals surface area contributed by atoms with E-state index in [4.69, 9.17) is 9.84 Å². The van der Waals surface area contributed by atoms with Gasteiger partial charge in [-0.25, -0.2) is 4.79 Å². The molecule has 0 aliphatic heterocycles. The Labute approximate surface area is 208 Å². The molecule has 0 atom stereocenters. The normalized spacial score (nSPS) is 13.5. The lowest BCUT2D eigenvalue weighted by Gasteiger charge is -2.31. The van der Waals surface area contributed by atoms with Crippen LogP contribution in [0.4, 0.5) is 17.6 Å². The number of allylic oxidation sites excluding steroid dienone is 1. The van der Waals surface area contributed by atoms with Crippen LogP contribution in [0.1, 0.15) is 65.2 Å². The average molecular weight is 506 g/mol. The highest BCUT2D eigenvalue weighted by atomic mass is 19.3. The summed E-state index contributed by atoms with van der Waals surface area (Å²) in [6.45, 7) is 13.0. The molecule has 1 heterocycles. The number of aromatic nitrogens is 1. The summed E-state index contributed by atoms with van der Waals surface area (Å²) in [5.74, 6) is -1.41. The van der Waals surface area contributed by atoms with Crippen molar-refractivity contribution >= 4 is 22.4 Å². The van der Waals surface area contributed by atoms with Crippen LogP contribution in [0.25, 0.3) is 27.6 Å². The number of aromatic amines is 1. The monoisotopic (exact) mass is 505 g/mol. The van der Waals surface area contributed by atoms with E-state index in [0.29, 0.717) is 33.2 Å². The molecule has 36 heavy (non-hydrogen) atoms. The van der Waals surface area contributed by atoms with Gasteiger partial charge in [-0.3, -0.25) is 0 Å². The third kappa shape index (κ3) is 5.58. The van der Waals surface area contributed by atoms with Gasteiger partial charge in [0.2, 0.25) is 0 Å². The van der Waals surface area contributed by atoms with E-state index in [0.717, 1.165) is 11.6 Å². The minimum absolute atomic E-state index is 0.246. The Morgan fingerprint density at radius 2 is 1.64 bits per heavy atom. The zero-order chi connectivity index (χ0) is 27.2. The van der Waals surface area contributed by atoms with E-state index >= 15 is 0 Å². The lowest BCUT2D eigenvalue weighted by Crippen LogP contribution is -2.34. The molecule has 3 rings (SSSR count). The largest absolute Gasteiger partial charge is 0.478 e. The van der Waals surface area contributed by atoms with Crippen molar-refractivity contribution in [3.8, 4) is 16.9 Å². The summed E-state index contributed by atoms with van der Waals surface area (Å²) in [6.07, 6.45) is -6.02. The minimum atomic E-state index is -4.70. The Hall–Kier alpha value is -3.29. The Balaban J connectivity index is 2.41. The zero-order valence-electron chi connectivity index (χ0n) is 21.4. The predicted molar refractivity (Wildman–Crippen MR) is 134 cm³/mol. The number of aliphatic carboxylic acids is 1. The molecule has 0 aliphatic carbocycles. The summed E-state index contributed by atoms with van der Waals surface area (Å²) in [5.41, 5.74) is 2.62. The van der Waals surface area contributed by atoms with Crippen LogP contribution in [-0.4, -0.2) is 28.6 Å². The molecule has 0 aliphatic rings. The second-order valence-electron chi connectivity index (χ2n) is 11.0. The number of H-pyrrole nitrogens is 1. The van der Waals surface area contributed by atoms with Crippen molar-refractivity contribution in [3.05, 3.63) is 59.3 Å². The molecular formula is C28H31F4NO3. The van der Waals surface area contributed by atoms with Crippen LogP contribution in [0, 0.1) is 0 Å². The van der Waals surface area contributed by atoms with E-state index in [1.165, 1.54) is 0 Å². The summed E-state index contributed by atoms with van der Waals surface area (Å²) in [6, 6.07) is 8.67. The van der Waals surface area contributed by atoms with Crippen LogP contribution in [0.3, 0.4) is 0 Å². The SMILES string of the molecule is C/C(=C\C(=O)O)c1ccc2[nH]cc(-c3cc(C(C)(C)C)cc(C(C)(C)C)c3OC(F)(F)C(F)F)c2c1. The number of halogens is 4. The van der Waals surface area contributed by atoms with E-state index in [1.54, 1.807) is 64.2 Å². The average Bonchev–Trinajstić information content (AvgIpc) is 3.14. The van der Waals surface area contributed by atoms with Crippen LogP contribution in [0.5, 0.6) is 5.75 Å². The number of carbonyl (C=O) groups is 1. The fourth-order valence-electron chi connectivity index (χ4n) is 3.97. The second kappa shape index (κ2) is 9.30. The Morgan fingerprint density at radius 3 is 2.17 bits per heavy atom. The van der Waals surface area contributed by atoms with Crippen molar-refractivity contribution in [2.75, 3.05) is 0 Å². The maximum atomic E-state index is 14.3. The highest BCUT2D eigenvalue weighted by Gasteiger charge is 2.45. The summed E-state index contributed by atoms with van der Waals surface area (Å²) in [7, 11) is 0. The van der Waals surface area contributed by atoms with Crippen LogP contribution in [0.2, 0.25) is 0 Å².